The maximum Gasteiger partial charge on any atom is 0.261 e. The third kappa shape index (κ3) is 6.21. The van der Waals surface area contributed by atoms with Crippen LogP contribution >= 0.6 is 11.6 Å². The Hall–Kier alpha value is -2.64. The number of nitrogens with one attached hydrogen (secondary N) is 1. The molecular weight excluding hydrogens is 387 g/mol. The van der Waals surface area contributed by atoms with E-state index in [0.717, 1.165) is 0 Å². The molecule has 150 valence electrons. The van der Waals surface area contributed by atoms with Gasteiger partial charge >= 0.3 is 0 Å². The molecule has 2 aromatic rings. The van der Waals surface area contributed by atoms with Gasteiger partial charge in [0.25, 0.3) is 5.91 Å². The van der Waals surface area contributed by atoms with Gasteiger partial charge in [-0.1, -0.05) is 35.9 Å². The second kappa shape index (κ2) is 10.6. The van der Waals surface area contributed by atoms with Gasteiger partial charge in [0.15, 0.2) is 6.61 Å². The number of amides is 2. The fourth-order valence-electron chi connectivity index (χ4n) is 2.48. The van der Waals surface area contributed by atoms with Crippen LogP contribution in [0, 0.1) is 5.82 Å². The van der Waals surface area contributed by atoms with Crippen LogP contribution in [0.15, 0.2) is 48.5 Å². The van der Waals surface area contributed by atoms with Crippen molar-refractivity contribution in [3.63, 3.8) is 0 Å². The minimum absolute atomic E-state index is 0.0812. The predicted molar refractivity (Wildman–Crippen MR) is 103 cm³/mol. The highest BCUT2D eigenvalue weighted by Gasteiger charge is 2.26. The summed E-state index contributed by atoms with van der Waals surface area (Å²) in [5.41, 5.74) is 0.661. The number of benzene rings is 2. The van der Waals surface area contributed by atoms with Crippen molar-refractivity contribution < 1.29 is 23.8 Å². The van der Waals surface area contributed by atoms with Gasteiger partial charge in [-0.05, 0) is 36.8 Å². The zero-order chi connectivity index (χ0) is 20.5. The quantitative estimate of drug-likeness (QED) is 0.667. The van der Waals surface area contributed by atoms with E-state index < -0.39 is 23.7 Å². The third-order valence-electron chi connectivity index (χ3n) is 4.03. The number of halogens is 2. The van der Waals surface area contributed by atoms with E-state index in [4.69, 9.17) is 21.4 Å². The number of para-hydroxylation sites is 1. The van der Waals surface area contributed by atoms with Gasteiger partial charge in [0.05, 0.1) is 11.6 Å². The zero-order valence-corrected chi connectivity index (χ0v) is 16.2. The average molecular weight is 409 g/mol. The molecule has 0 aliphatic carbocycles. The van der Waals surface area contributed by atoms with Gasteiger partial charge in [0.2, 0.25) is 5.91 Å². The Balaban J connectivity index is 2.13. The molecule has 6 nitrogen and oxygen atoms in total. The number of carbonyl (C=O) groups excluding carboxylic acids is 2. The van der Waals surface area contributed by atoms with Crippen molar-refractivity contribution in [3.8, 4) is 5.75 Å². The molecule has 0 fully saturated rings. The molecule has 28 heavy (non-hydrogen) atoms. The van der Waals surface area contributed by atoms with Crippen LogP contribution in [0.25, 0.3) is 0 Å². The molecule has 1 atom stereocenters. The van der Waals surface area contributed by atoms with Crippen LogP contribution in [-0.2, 0) is 16.1 Å². The summed E-state index contributed by atoms with van der Waals surface area (Å²) < 4.78 is 18.6. The molecule has 2 rings (SSSR count). The van der Waals surface area contributed by atoms with E-state index >= 15 is 0 Å². The molecule has 0 aliphatic rings. The predicted octanol–water partition coefficient (Wildman–Crippen LogP) is 2.38. The topological polar surface area (TPSA) is 78.9 Å². The van der Waals surface area contributed by atoms with Gasteiger partial charge in [-0.15, -0.1) is 0 Å². The maximum absolute atomic E-state index is 13.2. The number of hydrogen-bond acceptors (Lipinski definition) is 4. The summed E-state index contributed by atoms with van der Waals surface area (Å²) in [5.74, 6) is -0.882. The standard InChI is InChI=1S/C20H22ClFN2O4/c1-14(20(27)23-10-11-25)24(12-15-6-8-16(22)9-7-15)19(26)13-28-18-5-3-2-4-17(18)21/h2-9,14,25H,10-13H2,1H3,(H,23,27)/t14-/m0/s1. The number of aliphatic hydroxyl groups is 1. The van der Waals surface area contributed by atoms with Crippen LogP contribution in [-0.4, -0.2) is 47.6 Å². The Bertz CT molecular complexity index is 801. The number of rotatable bonds is 9. The average Bonchev–Trinajstić information content (AvgIpc) is 2.70. The summed E-state index contributed by atoms with van der Waals surface area (Å²) in [5, 5.41) is 11.8. The number of ether oxygens (including phenoxy) is 1. The van der Waals surface area contributed by atoms with Gasteiger partial charge in [0, 0.05) is 13.1 Å². The minimum Gasteiger partial charge on any atom is -0.482 e. The van der Waals surface area contributed by atoms with Crippen molar-refractivity contribution in [1.29, 1.82) is 0 Å². The first-order chi connectivity index (χ1) is 13.4. The number of nitrogens with zero attached hydrogens (tertiary/aromatic N) is 1. The summed E-state index contributed by atoms with van der Waals surface area (Å²) in [7, 11) is 0. The van der Waals surface area contributed by atoms with E-state index in [1.165, 1.54) is 17.0 Å². The molecule has 2 aromatic carbocycles. The first-order valence-corrected chi connectivity index (χ1v) is 9.10. The Morgan fingerprint density at radius 3 is 2.54 bits per heavy atom. The lowest BCUT2D eigenvalue weighted by Crippen LogP contribution is -2.49. The van der Waals surface area contributed by atoms with E-state index in [0.29, 0.717) is 16.3 Å². The van der Waals surface area contributed by atoms with Crippen molar-refractivity contribution in [2.75, 3.05) is 19.8 Å². The lowest BCUT2D eigenvalue weighted by Gasteiger charge is -2.28. The highest BCUT2D eigenvalue weighted by molar-refractivity contribution is 6.32. The van der Waals surface area contributed by atoms with Crippen LogP contribution in [0.2, 0.25) is 5.02 Å². The Labute approximate surface area is 167 Å². The lowest BCUT2D eigenvalue weighted by molar-refractivity contribution is -0.142. The molecule has 0 spiro atoms. The molecule has 0 aliphatic heterocycles. The summed E-state index contributed by atoms with van der Waals surface area (Å²) in [4.78, 5) is 26.4. The summed E-state index contributed by atoms with van der Waals surface area (Å²) in [6.45, 7) is 1.22. The minimum atomic E-state index is -0.820. The number of carbonyl (C=O) groups is 2. The third-order valence-corrected chi connectivity index (χ3v) is 4.34. The van der Waals surface area contributed by atoms with E-state index in [1.54, 1.807) is 43.3 Å². The van der Waals surface area contributed by atoms with E-state index in [-0.39, 0.29) is 26.3 Å². The van der Waals surface area contributed by atoms with Crippen molar-refractivity contribution in [2.24, 2.45) is 0 Å². The Morgan fingerprint density at radius 1 is 1.21 bits per heavy atom. The van der Waals surface area contributed by atoms with Crippen molar-refractivity contribution in [1.82, 2.24) is 10.2 Å². The van der Waals surface area contributed by atoms with Gasteiger partial charge < -0.3 is 20.1 Å². The van der Waals surface area contributed by atoms with Gasteiger partial charge in [-0.25, -0.2) is 4.39 Å². The van der Waals surface area contributed by atoms with Crippen molar-refractivity contribution in [3.05, 3.63) is 64.9 Å². The molecular formula is C20H22ClFN2O4. The van der Waals surface area contributed by atoms with Crippen LogP contribution in [0.3, 0.4) is 0 Å². The first-order valence-electron chi connectivity index (χ1n) is 8.72. The van der Waals surface area contributed by atoms with E-state index in [9.17, 15) is 14.0 Å². The lowest BCUT2D eigenvalue weighted by atomic mass is 10.1. The smallest absolute Gasteiger partial charge is 0.261 e. The SMILES string of the molecule is C[C@@H](C(=O)NCCO)N(Cc1ccc(F)cc1)C(=O)COc1ccccc1Cl. The van der Waals surface area contributed by atoms with Crippen LogP contribution in [0.5, 0.6) is 5.75 Å². The van der Waals surface area contributed by atoms with Gasteiger partial charge in [0.1, 0.15) is 17.6 Å². The summed E-state index contributed by atoms with van der Waals surface area (Å²) in [6, 6.07) is 11.6. The molecule has 8 heteroatoms. The normalized spacial score (nSPS) is 11.6. The molecule has 2 N–H and O–H groups in total. The van der Waals surface area contributed by atoms with E-state index in [2.05, 4.69) is 5.32 Å². The fraction of sp³-hybridized carbons (Fsp3) is 0.300. The van der Waals surface area contributed by atoms with Crippen molar-refractivity contribution >= 4 is 23.4 Å². The second-order valence-corrected chi connectivity index (χ2v) is 6.47. The monoisotopic (exact) mass is 408 g/mol. The van der Waals surface area contributed by atoms with Crippen molar-refractivity contribution in [2.45, 2.75) is 19.5 Å². The van der Waals surface area contributed by atoms with Gasteiger partial charge in [-0.3, -0.25) is 9.59 Å². The molecule has 0 unspecified atom stereocenters. The fourth-order valence-corrected chi connectivity index (χ4v) is 2.67. The zero-order valence-electron chi connectivity index (χ0n) is 15.4. The first kappa shape index (κ1) is 21.7. The Morgan fingerprint density at radius 2 is 1.89 bits per heavy atom. The van der Waals surface area contributed by atoms with Gasteiger partial charge in [-0.2, -0.15) is 0 Å². The van der Waals surface area contributed by atoms with Crippen LogP contribution in [0.1, 0.15) is 12.5 Å². The molecule has 0 heterocycles. The molecule has 0 saturated carbocycles. The molecule has 0 bridgehead atoms. The Kier molecular flexibility index (Phi) is 8.22. The van der Waals surface area contributed by atoms with E-state index in [1.807, 2.05) is 0 Å². The second-order valence-electron chi connectivity index (χ2n) is 6.06. The molecule has 0 saturated heterocycles. The van der Waals surface area contributed by atoms with Crippen LogP contribution in [0.4, 0.5) is 4.39 Å². The van der Waals surface area contributed by atoms with Crippen LogP contribution < -0.4 is 10.1 Å². The molecule has 0 aromatic heterocycles. The number of aliphatic hydroxyl groups excluding tert-OH is 1. The molecule has 2 amide bonds. The summed E-state index contributed by atoms with van der Waals surface area (Å²) in [6.07, 6.45) is 0. The largest absolute Gasteiger partial charge is 0.482 e. The summed E-state index contributed by atoms with van der Waals surface area (Å²) >= 11 is 6.03. The number of hydrogen-bond donors (Lipinski definition) is 2. The highest BCUT2D eigenvalue weighted by atomic mass is 35.5. The molecule has 0 radical (unpaired) electrons. The highest BCUT2D eigenvalue weighted by Crippen LogP contribution is 2.23. The maximum atomic E-state index is 13.2.